The van der Waals surface area contributed by atoms with Crippen LogP contribution in [0.3, 0.4) is 0 Å². The summed E-state index contributed by atoms with van der Waals surface area (Å²) < 4.78 is 4.95. The van der Waals surface area contributed by atoms with E-state index < -0.39 is 0 Å². The smallest absolute Gasteiger partial charge is 0.148 e. The van der Waals surface area contributed by atoms with Crippen LogP contribution in [0.25, 0.3) is 0 Å². The molecule has 0 atom stereocenters. The van der Waals surface area contributed by atoms with E-state index in [0.717, 1.165) is 17.8 Å². The first-order valence-corrected chi connectivity index (χ1v) is 4.86. The van der Waals surface area contributed by atoms with Crippen LogP contribution in [-0.4, -0.2) is 30.2 Å². The van der Waals surface area contributed by atoms with E-state index in [1.165, 1.54) is 6.33 Å². The molecule has 0 bridgehead atoms. The predicted molar refractivity (Wildman–Crippen MR) is 59.6 cm³/mol. The van der Waals surface area contributed by atoms with Gasteiger partial charge in [-0.15, -0.1) is 0 Å². The zero-order valence-electron chi connectivity index (χ0n) is 9.08. The van der Waals surface area contributed by atoms with E-state index in [1.54, 1.807) is 7.11 Å². The van der Waals surface area contributed by atoms with Crippen molar-refractivity contribution in [3.8, 4) is 0 Å². The zero-order chi connectivity index (χ0) is 11.1. The minimum absolute atomic E-state index is 0.637. The molecule has 0 aliphatic rings. The number of aromatic nitrogens is 2. The van der Waals surface area contributed by atoms with E-state index in [-0.39, 0.29) is 0 Å². The van der Waals surface area contributed by atoms with Gasteiger partial charge in [0.2, 0.25) is 0 Å². The summed E-state index contributed by atoms with van der Waals surface area (Å²) in [6.07, 6.45) is 2.29. The maximum absolute atomic E-state index is 5.36. The highest BCUT2D eigenvalue weighted by Crippen LogP contribution is 2.18. The maximum Gasteiger partial charge on any atom is 0.148 e. The summed E-state index contributed by atoms with van der Waals surface area (Å²) in [6, 6.07) is 0. The van der Waals surface area contributed by atoms with E-state index >= 15 is 0 Å². The lowest BCUT2D eigenvalue weighted by Gasteiger charge is -2.12. The van der Waals surface area contributed by atoms with Crippen molar-refractivity contribution in [1.29, 1.82) is 0 Å². The fourth-order valence-corrected chi connectivity index (χ4v) is 1.30. The van der Waals surface area contributed by atoms with Crippen molar-refractivity contribution >= 4 is 11.6 Å². The average molecular weight is 211 g/mol. The van der Waals surface area contributed by atoms with Crippen molar-refractivity contribution in [2.75, 3.05) is 31.0 Å². The van der Waals surface area contributed by atoms with Gasteiger partial charge in [0.05, 0.1) is 6.61 Å². The number of anilines is 2. The van der Waals surface area contributed by atoms with Gasteiger partial charge in [-0.3, -0.25) is 0 Å². The Hall–Kier alpha value is -1.40. The standard InChI is InChI=1S/C9H17N5O/c1-3-7-8(11-4-5-15-2)12-6-13-9(7)14-10/h6H,3-5,10H2,1-2H3,(H2,11,12,13,14). The Morgan fingerprint density at radius 2 is 2.13 bits per heavy atom. The van der Waals surface area contributed by atoms with Crippen LogP contribution in [0, 0.1) is 0 Å². The Labute approximate surface area is 89.2 Å². The number of hydrogen-bond acceptors (Lipinski definition) is 6. The molecular formula is C9H17N5O. The molecule has 0 aliphatic heterocycles. The van der Waals surface area contributed by atoms with Crippen LogP contribution in [0.5, 0.6) is 0 Å². The molecule has 0 aromatic carbocycles. The predicted octanol–water partition coefficient (Wildman–Crippen LogP) is 0.383. The molecule has 0 aliphatic carbocycles. The summed E-state index contributed by atoms with van der Waals surface area (Å²) in [4.78, 5) is 8.20. The molecular weight excluding hydrogens is 194 g/mol. The number of ether oxygens (including phenoxy) is 1. The molecule has 15 heavy (non-hydrogen) atoms. The molecule has 0 saturated heterocycles. The van der Waals surface area contributed by atoms with E-state index in [9.17, 15) is 0 Å². The number of rotatable bonds is 6. The van der Waals surface area contributed by atoms with Crippen molar-refractivity contribution in [3.63, 3.8) is 0 Å². The van der Waals surface area contributed by atoms with Crippen LogP contribution in [0.1, 0.15) is 12.5 Å². The summed E-state index contributed by atoms with van der Waals surface area (Å²) >= 11 is 0. The fourth-order valence-electron chi connectivity index (χ4n) is 1.30. The summed E-state index contributed by atoms with van der Waals surface area (Å²) in [7, 11) is 1.66. The van der Waals surface area contributed by atoms with E-state index in [2.05, 4.69) is 20.7 Å². The Bertz CT molecular complexity index is 305. The van der Waals surface area contributed by atoms with Gasteiger partial charge < -0.3 is 15.5 Å². The average Bonchev–Trinajstić information content (AvgIpc) is 2.29. The molecule has 1 aromatic rings. The van der Waals surface area contributed by atoms with Gasteiger partial charge >= 0.3 is 0 Å². The lowest BCUT2D eigenvalue weighted by Crippen LogP contribution is -2.15. The molecule has 0 amide bonds. The Morgan fingerprint density at radius 1 is 1.40 bits per heavy atom. The van der Waals surface area contributed by atoms with E-state index in [4.69, 9.17) is 10.6 Å². The van der Waals surface area contributed by atoms with Gasteiger partial charge in [-0.1, -0.05) is 6.92 Å². The first-order chi connectivity index (χ1) is 7.33. The molecule has 0 saturated carbocycles. The molecule has 4 N–H and O–H groups in total. The molecule has 84 valence electrons. The van der Waals surface area contributed by atoms with Crippen molar-refractivity contribution in [2.45, 2.75) is 13.3 Å². The maximum atomic E-state index is 5.36. The molecule has 1 aromatic heterocycles. The van der Waals surface area contributed by atoms with Crippen molar-refractivity contribution < 1.29 is 4.74 Å². The highest BCUT2D eigenvalue weighted by atomic mass is 16.5. The molecule has 0 spiro atoms. The second-order valence-electron chi connectivity index (χ2n) is 2.97. The number of nitrogen functional groups attached to an aromatic ring is 1. The number of methoxy groups -OCH3 is 1. The highest BCUT2D eigenvalue weighted by molar-refractivity contribution is 5.56. The second-order valence-corrected chi connectivity index (χ2v) is 2.97. The van der Waals surface area contributed by atoms with Crippen LogP contribution in [-0.2, 0) is 11.2 Å². The Kier molecular flexibility index (Phi) is 4.79. The van der Waals surface area contributed by atoms with Crippen molar-refractivity contribution in [1.82, 2.24) is 9.97 Å². The van der Waals surface area contributed by atoms with Crippen LogP contribution in [0.15, 0.2) is 6.33 Å². The summed E-state index contributed by atoms with van der Waals surface area (Å²) in [5.41, 5.74) is 3.54. The Balaban J connectivity index is 2.76. The number of hydrazine groups is 1. The minimum Gasteiger partial charge on any atom is -0.383 e. The van der Waals surface area contributed by atoms with Gasteiger partial charge in [0.15, 0.2) is 0 Å². The van der Waals surface area contributed by atoms with Gasteiger partial charge in [-0.2, -0.15) is 0 Å². The van der Waals surface area contributed by atoms with Gasteiger partial charge in [0, 0.05) is 19.2 Å². The number of nitrogens with two attached hydrogens (primary N) is 1. The normalized spacial score (nSPS) is 10.1. The van der Waals surface area contributed by atoms with Crippen LogP contribution < -0.4 is 16.6 Å². The largest absolute Gasteiger partial charge is 0.383 e. The fraction of sp³-hybridized carbons (Fsp3) is 0.556. The van der Waals surface area contributed by atoms with Crippen molar-refractivity contribution in [2.24, 2.45) is 5.84 Å². The first kappa shape index (κ1) is 11.7. The van der Waals surface area contributed by atoms with E-state index in [0.29, 0.717) is 19.0 Å². The molecule has 0 unspecified atom stereocenters. The van der Waals surface area contributed by atoms with Gasteiger partial charge in [0.25, 0.3) is 0 Å². The SMILES string of the molecule is CCc1c(NN)ncnc1NCCOC. The van der Waals surface area contributed by atoms with Crippen LogP contribution in [0.4, 0.5) is 11.6 Å². The molecule has 0 radical (unpaired) electrons. The third-order valence-corrected chi connectivity index (χ3v) is 2.03. The van der Waals surface area contributed by atoms with E-state index in [1.807, 2.05) is 6.92 Å². The van der Waals surface area contributed by atoms with Crippen LogP contribution in [0.2, 0.25) is 0 Å². The number of nitrogens with one attached hydrogen (secondary N) is 2. The molecule has 1 heterocycles. The summed E-state index contributed by atoms with van der Waals surface area (Å²) in [6.45, 7) is 3.38. The molecule has 1 rings (SSSR count). The molecule has 6 nitrogen and oxygen atoms in total. The quantitative estimate of drug-likeness (QED) is 0.358. The lowest BCUT2D eigenvalue weighted by molar-refractivity contribution is 0.210. The first-order valence-electron chi connectivity index (χ1n) is 4.86. The van der Waals surface area contributed by atoms with Crippen molar-refractivity contribution in [3.05, 3.63) is 11.9 Å². The topological polar surface area (TPSA) is 85.1 Å². The van der Waals surface area contributed by atoms with Crippen LogP contribution >= 0.6 is 0 Å². The minimum atomic E-state index is 0.637. The second kappa shape index (κ2) is 6.15. The number of nitrogens with zero attached hydrogens (tertiary/aromatic N) is 2. The highest BCUT2D eigenvalue weighted by Gasteiger charge is 2.07. The number of hydrogen-bond donors (Lipinski definition) is 3. The van der Waals surface area contributed by atoms with Gasteiger partial charge in [-0.05, 0) is 6.42 Å². The summed E-state index contributed by atoms with van der Waals surface area (Å²) in [5, 5.41) is 3.17. The Morgan fingerprint density at radius 3 is 2.73 bits per heavy atom. The van der Waals surface area contributed by atoms with Gasteiger partial charge in [0.1, 0.15) is 18.0 Å². The molecule has 6 heteroatoms. The monoisotopic (exact) mass is 211 g/mol. The van der Waals surface area contributed by atoms with Gasteiger partial charge in [-0.25, -0.2) is 15.8 Å². The lowest BCUT2D eigenvalue weighted by atomic mass is 10.2. The summed E-state index contributed by atoms with van der Waals surface area (Å²) in [5.74, 6) is 6.82. The third-order valence-electron chi connectivity index (χ3n) is 2.03. The third kappa shape index (κ3) is 3.03. The molecule has 0 fully saturated rings. The zero-order valence-corrected chi connectivity index (χ0v) is 9.08.